The molecule has 0 fully saturated rings. The van der Waals surface area contributed by atoms with Crippen molar-refractivity contribution in [3.8, 4) is 5.75 Å². The maximum absolute atomic E-state index is 13.6. The van der Waals surface area contributed by atoms with E-state index >= 15 is 0 Å². The van der Waals surface area contributed by atoms with Crippen molar-refractivity contribution in [3.63, 3.8) is 0 Å². The van der Waals surface area contributed by atoms with E-state index in [4.69, 9.17) is 16.0 Å². The summed E-state index contributed by atoms with van der Waals surface area (Å²) in [4.78, 5) is 12.1. The molecule has 1 N–H and O–H groups in total. The number of ether oxygens (including phenoxy) is 1. The van der Waals surface area contributed by atoms with Gasteiger partial charge >= 0.3 is 0 Å². The standard InChI is InChI=1S/C17H11ClF5N3O3/c1-26-9(8(18)4-25-26)5-24-17(27)10-3-2-7(29-10)6-28-16-14(22)12(20)11(19)13(21)15(16)23/h2-4H,5-6H2,1H3,(H,24,27). The van der Waals surface area contributed by atoms with Crippen LogP contribution in [-0.2, 0) is 20.2 Å². The largest absolute Gasteiger partial charge is 0.479 e. The minimum atomic E-state index is -2.29. The van der Waals surface area contributed by atoms with Crippen LogP contribution < -0.4 is 10.1 Å². The Kier molecular flexibility index (Phi) is 5.78. The number of aryl methyl sites for hydroxylation is 1. The number of benzene rings is 1. The Morgan fingerprint density at radius 1 is 1.14 bits per heavy atom. The highest BCUT2D eigenvalue weighted by atomic mass is 35.5. The quantitative estimate of drug-likeness (QED) is 0.362. The molecule has 6 nitrogen and oxygen atoms in total. The van der Waals surface area contributed by atoms with E-state index in [2.05, 4.69) is 15.2 Å². The van der Waals surface area contributed by atoms with Crippen LogP contribution in [0.25, 0.3) is 0 Å². The van der Waals surface area contributed by atoms with Crippen molar-refractivity contribution in [1.82, 2.24) is 15.1 Å². The Balaban J connectivity index is 1.66. The van der Waals surface area contributed by atoms with E-state index in [-0.39, 0.29) is 18.1 Å². The second-order valence-electron chi connectivity index (χ2n) is 5.70. The van der Waals surface area contributed by atoms with Crippen LogP contribution in [0.1, 0.15) is 22.0 Å². The summed E-state index contributed by atoms with van der Waals surface area (Å²) < 4.78 is 77.8. The summed E-state index contributed by atoms with van der Waals surface area (Å²) in [6, 6.07) is 2.50. The van der Waals surface area contributed by atoms with Gasteiger partial charge in [0.25, 0.3) is 5.91 Å². The normalized spacial score (nSPS) is 11.0. The molecule has 0 radical (unpaired) electrons. The first-order chi connectivity index (χ1) is 13.7. The second kappa shape index (κ2) is 8.11. The number of nitrogens with one attached hydrogen (secondary N) is 1. The van der Waals surface area contributed by atoms with Crippen LogP contribution in [0.2, 0.25) is 5.02 Å². The minimum Gasteiger partial charge on any atom is -0.479 e. The molecule has 0 aliphatic rings. The van der Waals surface area contributed by atoms with E-state index in [0.717, 1.165) is 0 Å². The summed E-state index contributed by atoms with van der Waals surface area (Å²) in [6.07, 6.45) is 1.41. The molecule has 0 saturated heterocycles. The summed E-state index contributed by atoms with van der Waals surface area (Å²) in [5, 5.41) is 6.79. The van der Waals surface area contributed by atoms with E-state index in [1.807, 2.05) is 0 Å². The third kappa shape index (κ3) is 4.04. The molecule has 0 spiro atoms. The van der Waals surface area contributed by atoms with Gasteiger partial charge in [-0.1, -0.05) is 11.6 Å². The summed E-state index contributed by atoms with van der Waals surface area (Å²) >= 11 is 5.92. The zero-order chi connectivity index (χ0) is 21.3. The molecular formula is C17H11ClF5N3O3. The lowest BCUT2D eigenvalue weighted by molar-refractivity contribution is 0.0917. The van der Waals surface area contributed by atoms with Crippen molar-refractivity contribution in [1.29, 1.82) is 0 Å². The van der Waals surface area contributed by atoms with Gasteiger partial charge in [0.15, 0.2) is 11.5 Å². The molecule has 0 saturated carbocycles. The number of carbonyl (C=O) groups excluding carboxylic acids is 1. The van der Waals surface area contributed by atoms with Crippen LogP contribution in [0.15, 0.2) is 22.7 Å². The zero-order valence-corrected chi connectivity index (χ0v) is 15.3. The first-order valence-electron chi connectivity index (χ1n) is 7.88. The first kappa shape index (κ1) is 20.6. The molecule has 0 bridgehead atoms. The van der Waals surface area contributed by atoms with Crippen LogP contribution in [0, 0.1) is 29.1 Å². The van der Waals surface area contributed by atoms with Crippen molar-refractivity contribution >= 4 is 17.5 Å². The molecule has 12 heteroatoms. The maximum atomic E-state index is 13.6. The topological polar surface area (TPSA) is 69.3 Å². The Bertz CT molecular complexity index is 1030. The van der Waals surface area contributed by atoms with Crippen LogP contribution in [0.4, 0.5) is 22.0 Å². The highest BCUT2D eigenvalue weighted by Gasteiger charge is 2.27. The third-order valence-electron chi connectivity index (χ3n) is 3.84. The Morgan fingerprint density at radius 2 is 1.76 bits per heavy atom. The maximum Gasteiger partial charge on any atom is 0.287 e. The van der Waals surface area contributed by atoms with Gasteiger partial charge in [-0.25, -0.2) is 13.2 Å². The molecular weight excluding hydrogens is 425 g/mol. The fourth-order valence-corrected chi connectivity index (χ4v) is 2.55. The zero-order valence-electron chi connectivity index (χ0n) is 14.5. The van der Waals surface area contributed by atoms with Crippen LogP contribution in [0.5, 0.6) is 5.75 Å². The molecule has 0 aliphatic heterocycles. The number of carbonyl (C=O) groups is 1. The molecule has 154 valence electrons. The summed E-state index contributed by atoms with van der Waals surface area (Å²) in [5.41, 5.74) is 0.543. The van der Waals surface area contributed by atoms with E-state index in [9.17, 15) is 26.7 Å². The minimum absolute atomic E-state index is 0.0469. The molecule has 0 unspecified atom stereocenters. The van der Waals surface area contributed by atoms with Crippen molar-refractivity contribution < 1.29 is 35.9 Å². The van der Waals surface area contributed by atoms with Crippen molar-refractivity contribution in [2.75, 3.05) is 0 Å². The predicted octanol–water partition coefficient (Wildman–Crippen LogP) is 3.87. The lowest BCUT2D eigenvalue weighted by atomic mass is 10.2. The number of rotatable bonds is 6. The van der Waals surface area contributed by atoms with Gasteiger partial charge in [-0.3, -0.25) is 9.48 Å². The van der Waals surface area contributed by atoms with Gasteiger partial charge < -0.3 is 14.5 Å². The molecule has 3 aromatic rings. The molecule has 3 rings (SSSR count). The molecule has 1 aromatic carbocycles. The average molecular weight is 436 g/mol. The van der Waals surface area contributed by atoms with Gasteiger partial charge in [0.1, 0.15) is 12.4 Å². The van der Waals surface area contributed by atoms with Crippen LogP contribution in [-0.4, -0.2) is 15.7 Å². The Hall–Kier alpha value is -3.08. The van der Waals surface area contributed by atoms with E-state index in [1.54, 1.807) is 7.05 Å². The summed E-state index contributed by atoms with van der Waals surface area (Å²) in [6.45, 7) is -0.634. The van der Waals surface area contributed by atoms with Gasteiger partial charge in [-0.2, -0.15) is 13.9 Å². The fraction of sp³-hybridized carbons (Fsp3) is 0.176. The average Bonchev–Trinajstić information content (AvgIpc) is 3.30. The van der Waals surface area contributed by atoms with E-state index < -0.39 is 47.3 Å². The number of hydrogen-bond acceptors (Lipinski definition) is 4. The van der Waals surface area contributed by atoms with E-state index in [1.165, 1.54) is 23.0 Å². The lowest BCUT2D eigenvalue weighted by Crippen LogP contribution is -2.23. The molecule has 0 aliphatic carbocycles. The molecule has 1 amide bonds. The SMILES string of the molecule is Cn1ncc(Cl)c1CNC(=O)c1ccc(COc2c(F)c(F)c(F)c(F)c2F)o1. The monoisotopic (exact) mass is 435 g/mol. The smallest absolute Gasteiger partial charge is 0.287 e. The molecule has 2 heterocycles. The second-order valence-corrected chi connectivity index (χ2v) is 6.11. The number of halogens is 6. The number of furan rings is 1. The number of amides is 1. The first-order valence-corrected chi connectivity index (χ1v) is 8.26. The van der Waals surface area contributed by atoms with Crippen LogP contribution in [0.3, 0.4) is 0 Å². The van der Waals surface area contributed by atoms with Crippen molar-refractivity contribution in [3.05, 3.63) is 69.7 Å². The van der Waals surface area contributed by atoms with Gasteiger partial charge in [-0.15, -0.1) is 0 Å². The summed E-state index contributed by atoms with van der Waals surface area (Å²) in [5.74, 6) is -13.1. The van der Waals surface area contributed by atoms with E-state index in [0.29, 0.717) is 10.7 Å². The number of aromatic nitrogens is 2. The summed E-state index contributed by atoms with van der Waals surface area (Å²) in [7, 11) is 1.63. The highest BCUT2D eigenvalue weighted by Crippen LogP contribution is 2.29. The van der Waals surface area contributed by atoms with Gasteiger partial charge in [0, 0.05) is 7.05 Å². The van der Waals surface area contributed by atoms with Gasteiger partial charge in [0.2, 0.25) is 29.1 Å². The van der Waals surface area contributed by atoms with Crippen LogP contribution >= 0.6 is 11.6 Å². The lowest BCUT2D eigenvalue weighted by Gasteiger charge is -2.09. The molecule has 29 heavy (non-hydrogen) atoms. The highest BCUT2D eigenvalue weighted by molar-refractivity contribution is 6.31. The predicted molar refractivity (Wildman–Crippen MR) is 88.7 cm³/mol. The van der Waals surface area contributed by atoms with Crippen molar-refractivity contribution in [2.24, 2.45) is 7.05 Å². The van der Waals surface area contributed by atoms with Crippen molar-refractivity contribution in [2.45, 2.75) is 13.2 Å². The fourth-order valence-electron chi connectivity index (χ4n) is 2.32. The molecule has 0 atom stereocenters. The molecule has 2 aromatic heterocycles. The van der Waals surface area contributed by atoms with Gasteiger partial charge in [-0.05, 0) is 12.1 Å². The number of nitrogens with zero attached hydrogens (tertiary/aromatic N) is 2. The Morgan fingerprint density at radius 3 is 2.34 bits per heavy atom. The Labute approximate surface area is 164 Å². The third-order valence-corrected chi connectivity index (χ3v) is 4.16. The number of hydrogen-bond donors (Lipinski definition) is 1. The van der Waals surface area contributed by atoms with Gasteiger partial charge in [0.05, 0.1) is 23.5 Å².